The molecule has 1 saturated heterocycles. The number of rotatable bonds is 5. The molecule has 0 unspecified atom stereocenters. The predicted octanol–water partition coefficient (Wildman–Crippen LogP) is 5.85. The van der Waals surface area contributed by atoms with Crippen molar-refractivity contribution in [2.45, 2.75) is 11.3 Å². The van der Waals surface area contributed by atoms with E-state index in [2.05, 4.69) is 15.5 Å². The minimum Gasteiger partial charge on any atom is -0.274 e. The smallest absolute Gasteiger partial charge is 0.274 e. The van der Waals surface area contributed by atoms with Gasteiger partial charge in [0.25, 0.3) is 5.69 Å². The molecule has 5 aromatic rings. The van der Waals surface area contributed by atoms with Gasteiger partial charge >= 0.3 is 0 Å². The number of imide groups is 1. The van der Waals surface area contributed by atoms with Crippen molar-refractivity contribution in [2.75, 3.05) is 10.3 Å². The molecule has 4 aliphatic rings. The lowest BCUT2D eigenvalue weighted by Crippen LogP contribution is -2.54. The average Bonchev–Trinajstić information content (AvgIpc) is 3.55. The van der Waals surface area contributed by atoms with Gasteiger partial charge in [0.05, 0.1) is 32.4 Å². The molecule has 10 heteroatoms. The van der Waals surface area contributed by atoms with E-state index in [4.69, 9.17) is 0 Å². The summed E-state index contributed by atoms with van der Waals surface area (Å²) in [4.78, 5) is 45.8. The number of carbonyl (C=O) groups excluding carboxylic acids is 2. The number of thiazole rings is 1. The number of carbonyl (C=O) groups is 2. The van der Waals surface area contributed by atoms with Crippen LogP contribution < -0.4 is 10.3 Å². The largest absolute Gasteiger partial charge is 0.293 e. The maximum Gasteiger partial charge on any atom is 0.293 e. The Kier molecular flexibility index (Phi) is 5.20. The zero-order valence-corrected chi connectivity index (χ0v) is 22.7. The van der Waals surface area contributed by atoms with E-state index in [1.54, 1.807) is 12.3 Å². The third-order valence-electron chi connectivity index (χ3n) is 8.73. The number of nitro groups is 1. The number of hydrazone groups is 1. The Balaban J connectivity index is 1.33. The second kappa shape index (κ2) is 8.89. The molecule has 9 rings (SSSR count). The molecule has 9 nitrogen and oxygen atoms in total. The van der Waals surface area contributed by atoms with Crippen LogP contribution in [0.4, 0.5) is 16.5 Å². The van der Waals surface area contributed by atoms with Gasteiger partial charge in [-0.3, -0.25) is 25.1 Å². The lowest BCUT2D eigenvalue weighted by molar-refractivity contribution is -0.384. The minimum absolute atomic E-state index is 0.0147. The number of benzene rings is 4. The van der Waals surface area contributed by atoms with Gasteiger partial charge in [-0.1, -0.05) is 84.1 Å². The summed E-state index contributed by atoms with van der Waals surface area (Å²) in [6, 6.07) is 29.4. The van der Waals surface area contributed by atoms with Crippen molar-refractivity contribution in [3.63, 3.8) is 0 Å². The zero-order valence-electron chi connectivity index (χ0n) is 21.9. The number of nitrogens with one attached hydrogen (secondary N) is 1. The molecule has 0 saturated carbocycles. The molecule has 1 aliphatic heterocycles. The topological polar surface area (TPSA) is 118 Å². The Morgan fingerprint density at radius 2 is 1.52 bits per heavy atom. The lowest BCUT2D eigenvalue weighted by atomic mass is 9.47. The Bertz CT molecular complexity index is 1920. The highest BCUT2D eigenvalue weighted by molar-refractivity contribution is 7.22. The standard InChI is InChI=1S/C32H21N5O4S/c38-29-27-26-18-9-1-3-11-20(18)32(21-12-4-2-10-19(21)26,17-33-35-31-34-22-13-5-8-16-25(22)42-31)28(27)30(39)36(29)23-14-6-7-15-24(23)37(40)41/h1-17,26-28H,(H,34,35)/b33-17-/t26?,27-,28+,32?/m1/s1. The lowest BCUT2D eigenvalue weighted by Gasteiger charge is -2.52. The van der Waals surface area contributed by atoms with Gasteiger partial charge in [0.15, 0.2) is 0 Å². The normalized spacial score (nSPS) is 23.7. The summed E-state index contributed by atoms with van der Waals surface area (Å²) in [5, 5.41) is 17.2. The fourth-order valence-electron chi connectivity index (χ4n) is 7.20. The highest BCUT2D eigenvalue weighted by Crippen LogP contribution is 2.64. The number of fused-ring (bicyclic) bond motifs is 1. The van der Waals surface area contributed by atoms with Crippen LogP contribution in [0.3, 0.4) is 0 Å². The first-order valence-electron chi connectivity index (χ1n) is 13.5. The molecule has 1 fully saturated rings. The molecule has 204 valence electrons. The Labute approximate surface area is 243 Å². The van der Waals surface area contributed by atoms with Crippen LogP contribution in [0.5, 0.6) is 0 Å². The van der Waals surface area contributed by atoms with Gasteiger partial charge in [-0.2, -0.15) is 5.10 Å². The molecule has 2 atom stereocenters. The van der Waals surface area contributed by atoms with Gasteiger partial charge in [-0.15, -0.1) is 0 Å². The molecule has 2 bridgehead atoms. The van der Waals surface area contributed by atoms with E-state index >= 15 is 0 Å². The fourth-order valence-corrected chi connectivity index (χ4v) is 8.02. The third kappa shape index (κ3) is 3.18. The van der Waals surface area contributed by atoms with E-state index in [1.807, 2.05) is 72.8 Å². The number of nitrogens with zero attached hydrogens (tertiary/aromatic N) is 4. The molecule has 1 aromatic heterocycles. The fraction of sp³-hybridized carbons (Fsp3) is 0.125. The SMILES string of the molecule is O=C1[C@@H]2C3c4ccccc4C(/C=N\Nc4nc5ccccc5s4)(c4ccccc43)[C@@H]2C(=O)N1c1ccccc1[N+](=O)[O-]. The van der Waals surface area contributed by atoms with Crippen LogP contribution in [0.25, 0.3) is 10.2 Å². The monoisotopic (exact) mass is 571 g/mol. The average molecular weight is 572 g/mol. The number of amides is 2. The number of anilines is 2. The van der Waals surface area contributed by atoms with Gasteiger partial charge in [0, 0.05) is 18.2 Å². The Hall–Kier alpha value is -5.22. The van der Waals surface area contributed by atoms with Crippen LogP contribution in [0, 0.1) is 22.0 Å². The highest BCUT2D eigenvalue weighted by atomic mass is 32.1. The Morgan fingerprint density at radius 1 is 0.881 bits per heavy atom. The van der Waals surface area contributed by atoms with E-state index in [0.29, 0.717) is 5.13 Å². The van der Waals surface area contributed by atoms with Crippen molar-refractivity contribution in [1.29, 1.82) is 0 Å². The van der Waals surface area contributed by atoms with E-state index in [0.717, 1.165) is 37.4 Å². The summed E-state index contributed by atoms with van der Waals surface area (Å²) in [5.41, 5.74) is 6.22. The number of aromatic nitrogens is 1. The van der Waals surface area contributed by atoms with Crippen LogP contribution in [0.15, 0.2) is 102 Å². The van der Waals surface area contributed by atoms with Crippen molar-refractivity contribution in [1.82, 2.24) is 4.98 Å². The first kappa shape index (κ1) is 24.6. The minimum atomic E-state index is -1.10. The second-order valence-corrected chi connectivity index (χ2v) is 11.7. The summed E-state index contributed by atoms with van der Waals surface area (Å²) >= 11 is 1.46. The van der Waals surface area contributed by atoms with Crippen molar-refractivity contribution in [3.8, 4) is 0 Å². The molecule has 2 amide bonds. The van der Waals surface area contributed by atoms with Gasteiger partial charge in [-0.25, -0.2) is 9.88 Å². The summed E-state index contributed by atoms with van der Waals surface area (Å²) in [7, 11) is 0. The van der Waals surface area contributed by atoms with Gasteiger partial charge in [-0.05, 0) is 40.5 Å². The summed E-state index contributed by atoms with van der Waals surface area (Å²) < 4.78 is 1.01. The summed E-state index contributed by atoms with van der Waals surface area (Å²) in [6.45, 7) is 0. The molecular formula is C32H21N5O4S. The van der Waals surface area contributed by atoms with Gasteiger partial charge in [0.1, 0.15) is 5.69 Å². The molecule has 2 heterocycles. The van der Waals surface area contributed by atoms with Crippen LogP contribution in [-0.2, 0) is 15.0 Å². The van der Waals surface area contributed by atoms with E-state index in [9.17, 15) is 19.7 Å². The van der Waals surface area contributed by atoms with Crippen LogP contribution in [0.1, 0.15) is 28.2 Å². The van der Waals surface area contributed by atoms with Crippen molar-refractivity contribution >= 4 is 56.1 Å². The molecule has 42 heavy (non-hydrogen) atoms. The van der Waals surface area contributed by atoms with Crippen LogP contribution >= 0.6 is 11.3 Å². The van der Waals surface area contributed by atoms with Crippen molar-refractivity contribution in [3.05, 3.63) is 129 Å². The van der Waals surface area contributed by atoms with E-state index in [1.165, 1.54) is 29.5 Å². The molecular weight excluding hydrogens is 550 g/mol. The first-order valence-corrected chi connectivity index (χ1v) is 14.3. The zero-order chi connectivity index (χ0) is 28.6. The highest BCUT2D eigenvalue weighted by Gasteiger charge is 2.68. The molecule has 0 radical (unpaired) electrons. The van der Waals surface area contributed by atoms with Crippen LogP contribution in [-0.4, -0.2) is 27.9 Å². The van der Waals surface area contributed by atoms with Crippen molar-refractivity contribution < 1.29 is 14.5 Å². The molecule has 1 N–H and O–H groups in total. The molecule has 0 spiro atoms. The molecule has 3 aliphatic carbocycles. The number of hydrogen-bond donors (Lipinski definition) is 1. The number of para-hydroxylation sites is 3. The molecule has 4 aromatic carbocycles. The van der Waals surface area contributed by atoms with E-state index < -0.39 is 34.0 Å². The predicted molar refractivity (Wildman–Crippen MR) is 160 cm³/mol. The summed E-state index contributed by atoms with van der Waals surface area (Å²) in [5.74, 6) is -2.89. The number of hydrogen-bond acceptors (Lipinski definition) is 8. The second-order valence-electron chi connectivity index (χ2n) is 10.6. The van der Waals surface area contributed by atoms with E-state index in [-0.39, 0.29) is 17.3 Å². The summed E-state index contributed by atoms with van der Waals surface area (Å²) in [6.07, 6.45) is 1.73. The maximum atomic E-state index is 14.5. The van der Waals surface area contributed by atoms with Gasteiger partial charge in [0.2, 0.25) is 16.9 Å². The number of nitro benzene ring substituents is 1. The maximum absolute atomic E-state index is 14.5. The third-order valence-corrected chi connectivity index (χ3v) is 9.67. The quantitative estimate of drug-likeness (QED) is 0.122. The Morgan fingerprint density at radius 3 is 2.24 bits per heavy atom. The van der Waals surface area contributed by atoms with Crippen LogP contribution in [0.2, 0.25) is 0 Å². The van der Waals surface area contributed by atoms with Crippen molar-refractivity contribution in [2.24, 2.45) is 16.9 Å². The van der Waals surface area contributed by atoms with Gasteiger partial charge < -0.3 is 0 Å². The first-order chi connectivity index (χ1) is 20.5.